The van der Waals surface area contributed by atoms with Crippen LogP contribution in [0.1, 0.15) is 12.8 Å². The molecule has 0 aliphatic rings. The number of anilines is 1. The summed E-state index contributed by atoms with van der Waals surface area (Å²) in [7, 11) is 0.717. The van der Waals surface area contributed by atoms with Crippen molar-refractivity contribution in [1.29, 1.82) is 0 Å². The SMILES string of the molecule is CN(CCCC(F)(F)F)c1ccc([Si](c2ccccc2)c2ccccc2)cc1. The van der Waals surface area contributed by atoms with Crippen LogP contribution in [-0.4, -0.2) is 28.6 Å². The molecule has 0 aliphatic heterocycles. The van der Waals surface area contributed by atoms with E-state index in [1.807, 2.05) is 36.2 Å². The molecule has 1 nitrogen and oxygen atoms in total. The fourth-order valence-corrected chi connectivity index (χ4v) is 5.79. The Kier molecular flexibility index (Phi) is 6.57. The summed E-state index contributed by atoms with van der Waals surface area (Å²) in [6.07, 6.45) is -4.73. The van der Waals surface area contributed by atoms with Gasteiger partial charge >= 0.3 is 6.18 Å². The highest BCUT2D eigenvalue weighted by molar-refractivity contribution is 6.95. The molecule has 0 amide bonds. The Morgan fingerprint density at radius 3 is 1.64 bits per heavy atom. The Balaban J connectivity index is 1.79. The first-order valence-electron chi connectivity index (χ1n) is 9.30. The predicted molar refractivity (Wildman–Crippen MR) is 113 cm³/mol. The van der Waals surface area contributed by atoms with Crippen LogP contribution in [0.4, 0.5) is 18.9 Å². The molecule has 28 heavy (non-hydrogen) atoms. The van der Waals surface area contributed by atoms with Gasteiger partial charge in [-0.2, -0.15) is 13.2 Å². The topological polar surface area (TPSA) is 3.24 Å². The van der Waals surface area contributed by atoms with Crippen molar-refractivity contribution in [2.45, 2.75) is 19.0 Å². The van der Waals surface area contributed by atoms with E-state index in [4.69, 9.17) is 0 Å². The molecule has 5 heteroatoms. The Morgan fingerprint density at radius 1 is 0.714 bits per heavy atom. The van der Waals surface area contributed by atoms with E-state index in [-0.39, 0.29) is 6.42 Å². The molecular weight excluding hydrogens is 375 g/mol. The molecule has 0 aromatic heterocycles. The van der Waals surface area contributed by atoms with Crippen LogP contribution in [0.25, 0.3) is 0 Å². The van der Waals surface area contributed by atoms with Gasteiger partial charge in [-0.25, -0.2) is 0 Å². The van der Waals surface area contributed by atoms with Crippen LogP contribution in [0, 0.1) is 0 Å². The lowest BCUT2D eigenvalue weighted by molar-refractivity contribution is -0.135. The van der Waals surface area contributed by atoms with Crippen LogP contribution >= 0.6 is 0 Å². The van der Waals surface area contributed by atoms with Crippen molar-refractivity contribution >= 4 is 30.0 Å². The first-order valence-corrected chi connectivity index (χ1v) is 10.8. The number of hydrogen-bond donors (Lipinski definition) is 0. The molecule has 0 atom stereocenters. The minimum Gasteiger partial charge on any atom is -0.375 e. The first kappa shape index (κ1) is 20.2. The number of nitrogens with zero attached hydrogens (tertiary/aromatic N) is 1. The molecule has 0 bridgehead atoms. The van der Waals surface area contributed by atoms with Crippen molar-refractivity contribution in [1.82, 2.24) is 0 Å². The standard InChI is InChI=1S/C23H23F3NSi/c1-27(18-8-17-23(24,25)26)19-13-15-22(16-14-19)28(20-9-4-2-5-10-20)21-11-6-3-7-12-21/h2-7,9-16H,8,17-18H2,1H3. The van der Waals surface area contributed by atoms with Gasteiger partial charge in [0, 0.05) is 25.7 Å². The Bertz CT molecular complexity index is 809. The van der Waals surface area contributed by atoms with Crippen LogP contribution in [0.5, 0.6) is 0 Å². The zero-order valence-electron chi connectivity index (χ0n) is 15.8. The predicted octanol–water partition coefficient (Wildman–Crippen LogP) is 3.98. The van der Waals surface area contributed by atoms with Gasteiger partial charge in [-0.15, -0.1) is 0 Å². The van der Waals surface area contributed by atoms with Crippen molar-refractivity contribution in [3.8, 4) is 0 Å². The number of benzene rings is 3. The van der Waals surface area contributed by atoms with Gasteiger partial charge in [-0.05, 0) is 18.6 Å². The molecule has 3 aromatic carbocycles. The second-order valence-corrected chi connectivity index (χ2v) is 9.28. The highest BCUT2D eigenvalue weighted by Crippen LogP contribution is 2.22. The molecule has 3 aromatic rings. The van der Waals surface area contributed by atoms with E-state index >= 15 is 0 Å². The number of halogens is 3. The van der Waals surface area contributed by atoms with E-state index in [2.05, 4.69) is 60.7 Å². The first-order chi connectivity index (χ1) is 13.4. The normalized spacial score (nSPS) is 11.6. The zero-order valence-corrected chi connectivity index (χ0v) is 16.8. The van der Waals surface area contributed by atoms with Crippen molar-refractivity contribution in [2.24, 2.45) is 0 Å². The summed E-state index contributed by atoms with van der Waals surface area (Å²) in [5, 5.41) is 3.88. The lowest BCUT2D eigenvalue weighted by Crippen LogP contribution is -2.51. The van der Waals surface area contributed by atoms with Gasteiger partial charge in [0.25, 0.3) is 0 Å². The van der Waals surface area contributed by atoms with E-state index in [1.165, 1.54) is 15.6 Å². The van der Waals surface area contributed by atoms with E-state index in [1.54, 1.807) is 0 Å². The smallest absolute Gasteiger partial charge is 0.375 e. The van der Waals surface area contributed by atoms with Gasteiger partial charge in [0.15, 0.2) is 8.80 Å². The fraction of sp³-hybridized carbons (Fsp3) is 0.217. The van der Waals surface area contributed by atoms with Gasteiger partial charge < -0.3 is 4.90 Å². The molecule has 3 rings (SSSR count). The van der Waals surface area contributed by atoms with Gasteiger partial charge in [-0.1, -0.05) is 88.4 Å². The average molecular weight is 399 g/mol. The molecule has 0 saturated carbocycles. The van der Waals surface area contributed by atoms with Gasteiger partial charge in [0.2, 0.25) is 0 Å². The second kappa shape index (κ2) is 9.11. The second-order valence-electron chi connectivity index (χ2n) is 6.79. The molecule has 1 radical (unpaired) electrons. The van der Waals surface area contributed by atoms with Crippen LogP contribution in [0.15, 0.2) is 84.9 Å². The number of rotatable bonds is 7. The summed E-state index contributed by atoms with van der Waals surface area (Å²) in [6, 6.07) is 29.2. The monoisotopic (exact) mass is 398 g/mol. The van der Waals surface area contributed by atoms with E-state index in [0.29, 0.717) is 6.54 Å². The van der Waals surface area contributed by atoms with Crippen molar-refractivity contribution < 1.29 is 13.2 Å². The summed E-state index contributed by atoms with van der Waals surface area (Å²) in [6.45, 7) is 0.383. The van der Waals surface area contributed by atoms with E-state index < -0.39 is 21.4 Å². The van der Waals surface area contributed by atoms with Gasteiger partial charge in [0.05, 0.1) is 0 Å². The molecule has 0 unspecified atom stereocenters. The molecular formula is C23H23F3NSi. The molecule has 0 saturated heterocycles. The number of alkyl halides is 3. The minimum atomic E-state index is -4.09. The highest BCUT2D eigenvalue weighted by atomic mass is 28.3. The third-order valence-electron chi connectivity index (χ3n) is 4.68. The Morgan fingerprint density at radius 2 is 1.18 bits per heavy atom. The fourth-order valence-electron chi connectivity index (χ4n) is 3.24. The van der Waals surface area contributed by atoms with Crippen molar-refractivity contribution in [2.75, 3.05) is 18.5 Å². The van der Waals surface area contributed by atoms with Crippen LogP contribution in [0.2, 0.25) is 0 Å². The average Bonchev–Trinajstić information content (AvgIpc) is 2.69. The maximum absolute atomic E-state index is 12.4. The van der Waals surface area contributed by atoms with E-state index in [9.17, 15) is 13.2 Å². The number of hydrogen-bond acceptors (Lipinski definition) is 1. The minimum absolute atomic E-state index is 0.102. The summed E-state index contributed by atoms with van der Waals surface area (Å²) >= 11 is 0. The Hall–Kier alpha value is -2.53. The molecule has 0 heterocycles. The molecule has 0 spiro atoms. The maximum atomic E-state index is 12.4. The largest absolute Gasteiger partial charge is 0.389 e. The maximum Gasteiger partial charge on any atom is 0.389 e. The summed E-state index contributed by atoms with van der Waals surface area (Å²) in [5.74, 6) is 0. The summed E-state index contributed by atoms with van der Waals surface area (Å²) in [4.78, 5) is 1.88. The zero-order chi connectivity index (χ0) is 20.0. The summed E-state index contributed by atoms with van der Waals surface area (Å²) < 4.78 is 37.1. The molecule has 0 aliphatic carbocycles. The molecule has 145 valence electrons. The lowest BCUT2D eigenvalue weighted by Gasteiger charge is -2.21. The van der Waals surface area contributed by atoms with Crippen LogP contribution in [-0.2, 0) is 0 Å². The lowest BCUT2D eigenvalue weighted by atomic mass is 10.2. The third kappa shape index (κ3) is 5.49. The molecule has 0 N–H and O–H groups in total. The van der Waals surface area contributed by atoms with Crippen LogP contribution < -0.4 is 20.5 Å². The van der Waals surface area contributed by atoms with Gasteiger partial charge in [0.1, 0.15) is 0 Å². The van der Waals surface area contributed by atoms with Crippen molar-refractivity contribution in [3.63, 3.8) is 0 Å². The summed E-state index contributed by atoms with van der Waals surface area (Å²) in [5.41, 5.74) is 0.938. The van der Waals surface area contributed by atoms with Crippen LogP contribution in [0.3, 0.4) is 0 Å². The highest BCUT2D eigenvalue weighted by Gasteiger charge is 2.26. The van der Waals surface area contributed by atoms with E-state index in [0.717, 1.165) is 5.69 Å². The van der Waals surface area contributed by atoms with Gasteiger partial charge in [-0.3, -0.25) is 0 Å². The molecule has 0 fully saturated rings. The third-order valence-corrected chi connectivity index (χ3v) is 7.41. The Labute approximate surface area is 166 Å². The van der Waals surface area contributed by atoms with Crippen molar-refractivity contribution in [3.05, 3.63) is 84.9 Å². The quantitative estimate of drug-likeness (QED) is 0.430.